The van der Waals surface area contributed by atoms with Crippen LogP contribution in [-0.4, -0.2) is 41.0 Å². The van der Waals surface area contributed by atoms with Gasteiger partial charge in [0.15, 0.2) is 0 Å². The molecular formula is C14H20N2O3. The lowest BCUT2D eigenvalue weighted by Crippen LogP contribution is -2.44. The number of carbonyl (C=O) groups excluding carboxylic acids is 1. The van der Waals surface area contributed by atoms with Gasteiger partial charge >= 0.3 is 5.97 Å². The van der Waals surface area contributed by atoms with Gasteiger partial charge in [-0.25, -0.2) is 0 Å². The monoisotopic (exact) mass is 264 g/mol. The topological polar surface area (TPSA) is 69.6 Å². The van der Waals surface area contributed by atoms with Gasteiger partial charge in [0.1, 0.15) is 6.54 Å². The van der Waals surface area contributed by atoms with E-state index in [-0.39, 0.29) is 25.0 Å². The van der Waals surface area contributed by atoms with Crippen molar-refractivity contribution in [3.05, 3.63) is 30.3 Å². The highest BCUT2D eigenvalue weighted by Crippen LogP contribution is 2.07. The van der Waals surface area contributed by atoms with Crippen LogP contribution in [0.4, 0.5) is 5.69 Å². The van der Waals surface area contributed by atoms with Crippen LogP contribution in [0.5, 0.6) is 0 Å². The number of anilines is 1. The molecule has 1 rings (SSSR count). The van der Waals surface area contributed by atoms with Crippen molar-refractivity contribution in [3.63, 3.8) is 0 Å². The SMILES string of the molecule is CCC(C)N(CC(=O)O)C(=O)CNc1ccccc1. The number of carbonyl (C=O) groups is 2. The summed E-state index contributed by atoms with van der Waals surface area (Å²) in [7, 11) is 0. The second-order valence-corrected chi connectivity index (χ2v) is 4.39. The number of benzene rings is 1. The van der Waals surface area contributed by atoms with E-state index in [9.17, 15) is 9.59 Å². The smallest absolute Gasteiger partial charge is 0.323 e. The van der Waals surface area contributed by atoms with Gasteiger partial charge < -0.3 is 15.3 Å². The van der Waals surface area contributed by atoms with Crippen molar-refractivity contribution >= 4 is 17.6 Å². The van der Waals surface area contributed by atoms with Gasteiger partial charge in [0.05, 0.1) is 6.54 Å². The highest BCUT2D eigenvalue weighted by molar-refractivity contribution is 5.84. The first kappa shape index (κ1) is 15.0. The van der Waals surface area contributed by atoms with Crippen molar-refractivity contribution in [2.75, 3.05) is 18.4 Å². The fourth-order valence-electron chi connectivity index (χ4n) is 1.69. The summed E-state index contributed by atoms with van der Waals surface area (Å²) in [5.74, 6) is -1.20. The maximum absolute atomic E-state index is 12.1. The third kappa shape index (κ3) is 4.99. The lowest BCUT2D eigenvalue weighted by atomic mass is 10.2. The van der Waals surface area contributed by atoms with E-state index in [1.54, 1.807) is 0 Å². The van der Waals surface area contributed by atoms with Crippen LogP contribution >= 0.6 is 0 Å². The first-order valence-electron chi connectivity index (χ1n) is 6.34. The first-order chi connectivity index (χ1) is 9.04. The van der Waals surface area contributed by atoms with Gasteiger partial charge in [-0.2, -0.15) is 0 Å². The Morgan fingerprint density at radius 1 is 1.32 bits per heavy atom. The van der Waals surface area contributed by atoms with Crippen molar-refractivity contribution in [1.29, 1.82) is 0 Å². The summed E-state index contributed by atoms with van der Waals surface area (Å²) in [5, 5.41) is 11.8. The van der Waals surface area contributed by atoms with Crippen LogP contribution in [0.15, 0.2) is 30.3 Å². The summed E-state index contributed by atoms with van der Waals surface area (Å²) in [5.41, 5.74) is 0.843. The molecule has 1 amide bonds. The van der Waals surface area contributed by atoms with Crippen LogP contribution in [0.25, 0.3) is 0 Å². The third-order valence-electron chi connectivity index (χ3n) is 2.97. The molecule has 2 N–H and O–H groups in total. The Balaban J connectivity index is 2.59. The average Bonchev–Trinajstić information content (AvgIpc) is 2.42. The van der Waals surface area contributed by atoms with E-state index in [4.69, 9.17) is 5.11 Å². The highest BCUT2D eigenvalue weighted by Gasteiger charge is 2.20. The Bertz CT molecular complexity index is 420. The second kappa shape index (κ2) is 7.41. The molecular weight excluding hydrogens is 244 g/mol. The maximum atomic E-state index is 12.1. The minimum Gasteiger partial charge on any atom is -0.480 e. The summed E-state index contributed by atoms with van der Waals surface area (Å²) in [4.78, 5) is 24.2. The fourth-order valence-corrected chi connectivity index (χ4v) is 1.69. The van der Waals surface area contributed by atoms with Crippen LogP contribution < -0.4 is 5.32 Å². The fraction of sp³-hybridized carbons (Fsp3) is 0.429. The number of nitrogens with one attached hydrogen (secondary N) is 1. The number of amides is 1. The van der Waals surface area contributed by atoms with E-state index in [0.29, 0.717) is 0 Å². The van der Waals surface area contributed by atoms with Crippen molar-refractivity contribution < 1.29 is 14.7 Å². The Hall–Kier alpha value is -2.04. The van der Waals surface area contributed by atoms with Gasteiger partial charge in [0.2, 0.25) is 5.91 Å². The molecule has 0 fully saturated rings. The molecule has 0 spiro atoms. The number of nitrogens with zero attached hydrogens (tertiary/aromatic N) is 1. The van der Waals surface area contributed by atoms with E-state index in [2.05, 4.69) is 5.32 Å². The van der Waals surface area contributed by atoms with Crippen molar-refractivity contribution in [1.82, 2.24) is 4.90 Å². The van der Waals surface area contributed by atoms with E-state index < -0.39 is 5.97 Å². The Morgan fingerprint density at radius 3 is 2.47 bits per heavy atom. The Labute approximate surface area is 113 Å². The molecule has 1 aromatic carbocycles. The molecule has 0 aliphatic heterocycles. The summed E-state index contributed by atoms with van der Waals surface area (Å²) in [6.45, 7) is 3.62. The third-order valence-corrected chi connectivity index (χ3v) is 2.97. The van der Waals surface area contributed by atoms with E-state index in [1.165, 1.54) is 4.90 Å². The molecule has 0 aliphatic rings. The largest absolute Gasteiger partial charge is 0.480 e. The van der Waals surface area contributed by atoms with Crippen LogP contribution in [0, 0.1) is 0 Å². The molecule has 19 heavy (non-hydrogen) atoms. The van der Waals surface area contributed by atoms with Gasteiger partial charge in [0, 0.05) is 11.7 Å². The summed E-state index contributed by atoms with van der Waals surface area (Å²) < 4.78 is 0. The number of aliphatic carboxylic acids is 1. The predicted molar refractivity (Wildman–Crippen MR) is 74.0 cm³/mol. The molecule has 1 atom stereocenters. The summed E-state index contributed by atoms with van der Waals surface area (Å²) in [6, 6.07) is 9.27. The van der Waals surface area contributed by atoms with Gasteiger partial charge in [-0.05, 0) is 25.5 Å². The molecule has 0 aliphatic carbocycles. The average molecular weight is 264 g/mol. The standard InChI is InChI=1S/C14H20N2O3/c1-3-11(2)16(10-14(18)19)13(17)9-15-12-7-5-4-6-8-12/h4-8,11,15H,3,9-10H2,1-2H3,(H,18,19). The quantitative estimate of drug-likeness (QED) is 0.788. The normalized spacial score (nSPS) is 11.7. The molecule has 0 saturated heterocycles. The van der Waals surface area contributed by atoms with Gasteiger partial charge in [-0.3, -0.25) is 9.59 Å². The van der Waals surface area contributed by atoms with Gasteiger partial charge in [0.25, 0.3) is 0 Å². The number of hydrogen-bond acceptors (Lipinski definition) is 3. The lowest BCUT2D eigenvalue weighted by molar-refractivity contribution is -0.145. The first-order valence-corrected chi connectivity index (χ1v) is 6.34. The molecule has 5 nitrogen and oxygen atoms in total. The van der Waals surface area contributed by atoms with Crippen LogP contribution in [-0.2, 0) is 9.59 Å². The lowest BCUT2D eigenvalue weighted by Gasteiger charge is -2.27. The van der Waals surface area contributed by atoms with Crippen molar-refractivity contribution in [3.8, 4) is 0 Å². The highest BCUT2D eigenvalue weighted by atomic mass is 16.4. The van der Waals surface area contributed by atoms with Crippen LogP contribution in [0.3, 0.4) is 0 Å². The molecule has 0 bridgehead atoms. The molecule has 0 aromatic heterocycles. The summed E-state index contributed by atoms with van der Waals surface area (Å²) in [6.07, 6.45) is 0.727. The zero-order valence-corrected chi connectivity index (χ0v) is 11.3. The minimum atomic E-state index is -0.992. The molecule has 1 aromatic rings. The van der Waals surface area contributed by atoms with Gasteiger partial charge in [-0.15, -0.1) is 0 Å². The van der Waals surface area contributed by atoms with Crippen LogP contribution in [0.1, 0.15) is 20.3 Å². The van der Waals surface area contributed by atoms with Crippen molar-refractivity contribution in [2.24, 2.45) is 0 Å². The number of rotatable bonds is 7. The minimum absolute atomic E-state index is 0.0822. The Morgan fingerprint density at radius 2 is 1.95 bits per heavy atom. The molecule has 0 radical (unpaired) electrons. The molecule has 0 saturated carbocycles. The van der Waals surface area contributed by atoms with E-state index in [1.807, 2.05) is 44.2 Å². The van der Waals surface area contributed by atoms with E-state index >= 15 is 0 Å². The molecule has 1 unspecified atom stereocenters. The zero-order valence-electron chi connectivity index (χ0n) is 11.3. The number of carboxylic acid groups (broad SMARTS) is 1. The zero-order chi connectivity index (χ0) is 14.3. The Kier molecular flexibility index (Phi) is 5.85. The maximum Gasteiger partial charge on any atom is 0.323 e. The molecule has 5 heteroatoms. The summed E-state index contributed by atoms with van der Waals surface area (Å²) >= 11 is 0. The van der Waals surface area contributed by atoms with Crippen molar-refractivity contribution in [2.45, 2.75) is 26.3 Å². The number of hydrogen-bond donors (Lipinski definition) is 2. The van der Waals surface area contributed by atoms with Crippen LogP contribution in [0.2, 0.25) is 0 Å². The predicted octanol–water partition coefficient (Wildman–Crippen LogP) is 1.81. The van der Waals surface area contributed by atoms with Gasteiger partial charge in [-0.1, -0.05) is 25.1 Å². The van der Waals surface area contributed by atoms with E-state index in [0.717, 1.165) is 12.1 Å². The second-order valence-electron chi connectivity index (χ2n) is 4.39. The molecule has 104 valence electrons. The molecule has 0 heterocycles. The number of carboxylic acids is 1. The number of para-hydroxylation sites is 1.